The van der Waals surface area contributed by atoms with Crippen molar-refractivity contribution in [1.29, 1.82) is 0 Å². The molecule has 1 atom stereocenters. The van der Waals surface area contributed by atoms with Crippen molar-refractivity contribution in [3.05, 3.63) is 0 Å². The van der Waals surface area contributed by atoms with Crippen LogP contribution in [-0.2, 0) is 18.4 Å². The first kappa shape index (κ1) is 11.6. The lowest BCUT2D eigenvalue weighted by atomic mass is 10.4. The van der Waals surface area contributed by atoms with Gasteiger partial charge in [-0.15, -0.1) is 0 Å². The molecule has 1 aliphatic rings. The summed E-state index contributed by atoms with van der Waals surface area (Å²) in [6.07, 6.45) is 0.442. The highest BCUT2D eigenvalue weighted by Crippen LogP contribution is 2.55. The summed E-state index contributed by atoms with van der Waals surface area (Å²) >= 11 is 0. The van der Waals surface area contributed by atoms with Crippen molar-refractivity contribution < 1.29 is 28.4 Å². The Hall–Kier alpha value is -0.460. The Labute approximate surface area is 80.4 Å². The lowest BCUT2D eigenvalue weighted by molar-refractivity contribution is -0.148. The number of hydrogen-bond acceptors (Lipinski definition) is 5. The van der Waals surface area contributed by atoms with Crippen LogP contribution < -0.4 is 5.73 Å². The van der Waals surface area contributed by atoms with Crippen LogP contribution in [0.25, 0.3) is 0 Å². The lowest BCUT2D eigenvalue weighted by Crippen LogP contribution is -2.25. The molecule has 14 heavy (non-hydrogen) atoms. The number of phosphoric ester groups is 1. The summed E-state index contributed by atoms with van der Waals surface area (Å²) < 4.78 is 20.1. The van der Waals surface area contributed by atoms with Crippen LogP contribution in [0.5, 0.6) is 0 Å². The summed E-state index contributed by atoms with van der Waals surface area (Å²) in [4.78, 5) is 19.7. The van der Waals surface area contributed by atoms with Gasteiger partial charge in [-0.2, -0.15) is 0 Å². The fourth-order valence-electron chi connectivity index (χ4n) is 0.873. The quantitative estimate of drug-likeness (QED) is 0.530. The zero-order valence-corrected chi connectivity index (χ0v) is 8.27. The van der Waals surface area contributed by atoms with E-state index < -0.39 is 19.4 Å². The molecule has 0 aromatic rings. The molecule has 82 valence electrons. The number of carboxylic acid groups (broad SMARTS) is 1. The fourth-order valence-corrected chi connectivity index (χ4v) is 1.96. The molecule has 0 heterocycles. The average molecular weight is 225 g/mol. The molecule has 0 spiro atoms. The van der Waals surface area contributed by atoms with Crippen molar-refractivity contribution in [3.63, 3.8) is 0 Å². The van der Waals surface area contributed by atoms with Crippen LogP contribution in [0.3, 0.4) is 0 Å². The van der Waals surface area contributed by atoms with E-state index in [1.807, 2.05) is 0 Å². The third kappa shape index (κ3) is 2.76. The number of aliphatic carboxylic acids is 1. The van der Waals surface area contributed by atoms with Gasteiger partial charge in [0.15, 0.2) is 5.60 Å². The molecule has 0 bridgehead atoms. The molecule has 1 aliphatic carbocycles. The second-order valence-electron chi connectivity index (χ2n) is 2.98. The fraction of sp³-hybridized carbons (Fsp3) is 0.833. The van der Waals surface area contributed by atoms with Gasteiger partial charge in [0, 0.05) is 6.54 Å². The minimum atomic E-state index is -4.28. The number of carboxylic acids is 1. The van der Waals surface area contributed by atoms with E-state index in [4.69, 9.17) is 15.7 Å². The number of carbonyl (C=O) groups is 1. The lowest BCUT2D eigenvalue weighted by Gasteiger charge is -2.16. The number of hydrogen-bond donors (Lipinski definition) is 3. The Morgan fingerprint density at radius 1 is 1.57 bits per heavy atom. The molecule has 1 fully saturated rings. The van der Waals surface area contributed by atoms with Crippen LogP contribution in [0, 0.1) is 0 Å². The summed E-state index contributed by atoms with van der Waals surface area (Å²) in [5.41, 5.74) is 3.52. The SMILES string of the molecule is NCCOP(=O)(O)OC1(C(=O)O)CC1. The van der Waals surface area contributed by atoms with Gasteiger partial charge in [-0.1, -0.05) is 0 Å². The van der Waals surface area contributed by atoms with E-state index in [2.05, 4.69) is 9.05 Å². The summed E-state index contributed by atoms with van der Waals surface area (Å²) in [5.74, 6) is -1.25. The van der Waals surface area contributed by atoms with Gasteiger partial charge in [0.2, 0.25) is 0 Å². The molecule has 8 heteroatoms. The Bertz CT molecular complexity index is 275. The highest BCUT2D eigenvalue weighted by Gasteiger charge is 2.56. The van der Waals surface area contributed by atoms with Crippen molar-refractivity contribution >= 4 is 13.8 Å². The maximum Gasteiger partial charge on any atom is 0.473 e. The molecule has 1 saturated carbocycles. The van der Waals surface area contributed by atoms with E-state index in [0.29, 0.717) is 0 Å². The average Bonchev–Trinajstić information content (AvgIpc) is 2.81. The van der Waals surface area contributed by atoms with Gasteiger partial charge in [-0.3, -0.25) is 9.05 Å². The van der Waals surface area contributed by atoms with E-state index in [-0.39, 0.29) is 26.0 Å². The molecule has 0 aromatic carbocycles. The third-order valence-corrected chi connectivity index (χ3v) is 2.85. The predicted octanol–water partition coefficient (Wildman–Crippen LogP) is -0.304. The third-order valence-electron chi connectivity index (χ3n) is 1.76. The normalized spacial score (nSPS) is 22.7. The minimum Gasteiger partial charge on any atom is -0.479 e. The maximum absolute atomic E-state index is 11.1. The highest BCUT2D eigenvalue weighted by molar-refractivity contribution is 7.47. The number of phosphoric acid groups is 1. The van der Waals surface area contributed by atoms with Gasteiger partial charge in [0.1, 0.15) is 0 Å². The van der Waals surface area contributed by atoms with Gasteiger partial charge >= 0.3 is 13.8 Å². The smallest absolute Gasteiger partial charge is 0.473 e. The first-order valence-corrected chi connectivity index (χ1v) is 5.53. The van der Waals surface area contributed by atoms with Crippen LogP contribution in [0.1, 0.15) is 12.8 Å². The van der Waals surface area contributed by atoms with Crippen molar-refractivity contribution in [1.82, 2.24) is 0 Å². The van der Waals surface area contributed by atoms with Crippen molar-refractivity contribution in [3.8, 4) is 0 Å². The number of nitrogens with two attached hydrogens (primary N) is 1. The molecular formula is C6H12NO6P. The van der Waals surface area contributed by atoms with E-state index in [0.717, 1.165) is 0 Å². The monoisotopic (exact) mass is 225 g/mol. The summed E-state index contributed by atoms with van der Waals surface area (Å²) in [5, 5.41) is 8.66. The molecule has 0 aromatic heterocycles. The Kier molecular flexibility index (Phi) is 3.28. The van der Waals surface area contributed by atoms with E-state index in [1.54, 1.807) is 0 Å². The Morgan fingerprint density at radius 3 is 2.50 bits per heavy atom. The zero-order chi connectivity index (χ0) is 10.8. The largest absolute Gasteiger partial charge is 0.479 e. The van der Waals surface area contributed by atoms with E-state index in [1.165, 1.54) is 0 Å². The van der Waals surface area contributed by atoms with E-state index in [9.17, 15) is 9.36 Å². The molecule has 0 radical (unpaired) electrons. The molecule has 0 amide bonds. The van der Waals surface area contributed by atoms with Crippen LogP contribution >= 0.6 is 7.82 Å². The second kappa shape index (κ2) is 3.96. The van der Waals surface area contributed by atoms with Gasteiger partial charge in [-0.25, -0.2) is 9.36 Å². The first-order valence-electron chi connectivity index (χ1n) is 4.03. The molecule has 4 N–H and O–H groups in total. The second-order valence-corrected chi connectivity index (χ2v) is 4.36. The molecule has 1 rings (SSSR count). The summed E-state index contributed by atoms with van der Waals surface area (Å²) in [6, 6.07) is 0. The van der Waals surface area contributed by atoms with Crippen molar-refractivity contribution in [2.45, 2.75) is 18.4 Å². The first-order chi connectivity index (χ1) is 6.42. The standard InChI is InChI=1S/C6H12NO6P/c7-3-4-12-14(10,11)13-6(1-2-6)5(8)9/h1-4,7H2,(H,8,9)(H,10,11). The van der Waals surface area contributed by atoms with Gasteiger partial charge in [-0.05, 0) is 12.8 Å². The summed E-state index contributed by atoms with van der Waals surface area (Å²) in [6.45, 7) is -0.0859. The number of rotatable bonds is 6. The molecule has 0 aliphatic heterocycles. The molecule has 7 nitrogen and oxygen atoms in total. The van der Waals surface area contributed by atoms with Gasteiger partial charge < -0.3 is 15.7 Å². The topological polar surface area (TPSA) is 119 Å². The van der Waals surface area contributed by atoms with Crippen LogP contribution in [-0.4, -0.2) is 34.7 Å². The van der Waals surface area contributed by atoms with Gasteiger partial charge in [0.05, 0.1) is 6.61 Å². The van der Waals surface area contributed by atoms with Crippen LogP contribution in [0.15, 0.2) is 0 Å². The predicted molar refractivity (Wildman–Crippen MR) is 45.5 cm³/mol. The van der Waals surface area contributed by atoms with Crippen LogP contribution in [0.2, 0.25) is 0 Å². The Balaban J connectivity index is 2.50. The molecule has 0 saturated heterocycles. The molecule has 1 unspecified atom stereocenters. The van der Waals surface area contributed by atoms with E-state index >= 15 is 0 Å². The minimum absolute atomic E-state index is 0.0635. The van der Waals surface area contributed by atoms with Crippen molar-refractivity contribution in [2.24, 2.45) is 5.73 Å². The van der Waals surface area contributed by atoms with Crippen molar-refractivity contribution in [2.75, 3.05) is 13.2 Å². The Morgan fingerprint density at radius 2 is 2.14 bits per heavy atom. The molecular weight excluding hydrogens is 213 g/mol. The maximum atomic E-state index is 11.1. The van der Waals surface area contributed by atoms with Crippen LogP contribution in [0.4, 0.5) is 0 Å². The van der Waals surface area contributed by atoms with Gasteiger partial charge in [0.25, 0.3) is 0 Å². The summed E-state index contributed by atoms with van der Waals surface area (Å²) in [7, 11) is -4.28. The highest BCUT2D eigenvalue weighted by atomic mass is 31.2. The zero-order valence-electron chi connectivity index (χ0n) is 7.38.